The van der Waals surface area contributed by atoms with E-state index in [2.05, 4.69) is 10.5 Å². The van der Waals surface area contributed by atoms with Gasteiger partial charge in [-0.3, -0.25) is 10.2 Å². The largest absolute Gasteiger partial charge is 0.296 e. The second kappa shape index (κ2) is 4.28. The molecule has 0 atom stereocenters. The number of rotatable bonds is 3. The lowest BCUT2D eigenvalue weighted by Gasteiger charge is -1.97. The number of benzene rings is 1. The molecule has 1 N–H and O–H groups in total. The van der Waals surface area contributed by atoms with Crippen LogP contribution in [0.25, 0.3) is 0 Å². The topological polar surface area (TPSA) is 41.5 Å². The van der Waals surface area contributed by atoms with Crippen LogP contribution in [0.15, 0.2) is 35.4 Å². The summed E-state index contributed by atoms with van der Waals surface area (Å²) in [6.45, 7) is 1.64. The van der Waals surface area contributed by atoms with Crippen LogP contribution in [-0.4, -0.2) is 12.0 Å². The molecule has 3 heteroatoms. The molecule has 0 saturated carbocycles. The van der Waals surface area contributed by atoms with Crippen molar-refractivity contribution >= 4 is 17.7 Å². The Bertz CT molecular complexity index is 280. The van der Waals surface area contributed by atoms with Gasteiger partial charge in [0.15, 0.2) is 6.29 Å². The average Bonchev–Trinajstić information content (AvgIpc) is 2.16. The summed E-state index contributed by atoms with van der Waals surface area (Å²) < 4.78 is 0. The third kappa shape index (κ3) is 2.54. The molecule has 0 spiro atoms. The summed E-state index contributed by atoms with van der Waals surface area (Å²) in [4.78, 5) is 10.2. The molecule has 0 aromatic heterocycles. The first kappa shape index (κ1) is 8.46. The van der Waals surface area contributed by atoms with Crippen molar-refractivity contribution in [3.8, 4) is 0 Å². The number of carbonyl (C=O) groups excluding carboxylic acids is 1. The second-order valence-corrected chi connectivity index (χ2v) is 2.35. The highest BCUT2D eigenvalue weighted by Crippen LogP contribution is 2.03. The minimum atomic E-state index is 0.429. The van der Waals surface area contributed by atoms with Crippen molar-refractivity contribution in [3.63, 3.8) is 0 Å². The van der Waals surface area contributed by atoms with E-state index in [0.29, 0.717) is 12.0 Å². The van der Waals surface area contributed by atoms with Gasteiger partial charge in [0, 0.05) is 0 Å². The summed E-state index contributed by atoms with van der Waals surface area (Å²) in [5.41, 5.74) is 4.06. The van der Waals surface area contributed by atoms with Crippen LogP contribution in [0.1, 0.15) is 6.92 Å². The molecule has 0 heterocycles. The maximum absolute atomic E-state index is 10.2. The first-order valence-corrected chi connectivity index (χ1v) is 3.63. The number of anilines is 1. The third-order valence-corrected chi connectivity index (χ3v) is 1.31. The van der Waals surface area contributed by atoms with Crippen LogP contribution in [-0.2, 0) is 4.79 Å². The molecule has 0 aliphatic rings. The molecule has 0 amide bonds. The fourth-order valence-electron chi connectivity index (χ4n) is 0.692. The maximum Gasteiger partial charge on any atom is 0.165 e. The molecular formula is C9H10N2O. The zero-order valence-corrected chi connectivity index (χ0v) is 6.82. The van der Waals surface area contributed by atoms with E-state index in [0.717, 1.165) is 5.69 Å². The van der Waals surface area contributed by atoms with Gasteiger partial charge in [0.05, 0.1) is 11.4 Å². The highest BCUT2D eigenvalue weighted by molar-refractivity contribution is 6.27. The summed E-state index contributed by atoms with van der Waals surface area (Å²) >= 11 is 0. The lowest BCUT2D eigenvalue weighted by Crippen LogP contribution is -1.97. The van der Waals surface area contributed by atoms with Gasteiger partial charge in [0.25, 0.3) is 0 Å². The second-order valence-electron chi connectivity index (χ2n) is 2.35. The van der Waals surface area contributed by atoms with Crippen molar-refractivity contribution in [2.45, 2.75) is 6.92 Å². The molecule has 0 aliphatic heterocycles. The van der Waals surface area contributed by atoms with E-state index in [1.165, 1.54) is 0 Å². The van der Waals surface area contributed by atoms with Crippen LogP contribution in [0.5, 0.6) is 0 Å². The van der Waals surface area contributed by atoms with E-state index in [4.69, 9.17) is 0 Å². The van der Waals surface area contributed by atoms with Crippen LogP contribution in [0.3, 0.4) is 0 Å². The van der Waals surface area contributed by atoms with Gasteiger partial charge >= 0.3 is 0 Å². The average molecular weight is 162 g/mol. The fraction of sp³-hybridized carbons (Fsp3) is 0.111. The Morgan fingerprint density at radius 3 is 2.67 bits per heavy atom. The summed E-state index contributed by atoms with van der Waals surface area (Å²) in [5, 5.41) is 3.81. The SMILES string of the molecule is CC(C=O)=NNc1ccccc1. The summed E-state index contributed by atoms with van der Waals surface area (Å²) in [5.74, 6) is 0. The molecule has 0 aliphatic carbocycles. The van der Waals surface area contributed by atoms with Crippen LogP contribution in [0, 0.1) is 0 Å². The van der Waals surface area contributed by atoms with Gasteiger partial charge in [-0.15, -0.1) is 0 Å². The number of carbonyl (C=O) groups is 1. The molecular weight excluding hydrogens is 152 g/mol. The Labute approximate surface area is 71.1 Å². The normalized spacial score (nSPS) is 10.9. The monoisotopic (exact) mass is 162 g/mol. The quantitative estimate of drug-likeness (QED) is 0.417. The first-order valence-electron chi connectivity index (χ1n) is 3.63. The molecule has 0 unspecified atom stereocenters. The van der Waals surface area contributed by atoms with Crippen LogP contribution >= 0.6 is 0 Å². The van der Waals surface area contributed by atoms with Crippen molar-refractivity contribution in [3.05, 3.63) is 30.3 Å². The minimum Gasteiger partial charge on any atom is -0.296 e. The number of para-hydroxylation sites is 1. The molecule has 1 rings (SSSR count). The number of hydrogen-bond acceptors (Lipinski definition) is 3. The smallest absolute Gasteiger partial charge is 0.165 e. The van der Waals surface area contributed by atoms with Crippen molar-refractivity contribution in [2.24, 2.45) is 5.10 Å². The van der Waals surface area contributed by atoms with Gasteiger partial charge in [0.2, 0.25) is 0 Å². The highest BCUT2D eigenvalue weighted by atomic mass is 16.1. The van der Waals surface area contributed by atoms with E-state index in [1.54, 1.807) is 6.92 Å². The van der Waals surface area contributed by atoms with Crippen molar-refractivity contribution in [2.75, 3.05) is 5.43 Å². The van der Waals surface area contributed by atoms with Gasteiger partial charge in [0.1, 0.15) is 0 Å². The van der Waals surface area contributed by atoms with Gasteiger partial charge in [-0.1, -0.05) is 18.2 Å². The van der Waals surface area contributed by atoms with E-state index in [9.17, 15) is 4.79 Å². The lowest BCUT2D eigenvalue weighted by molar-refractivity contribution is -0.102. The number of nitrogens with one attached hydrogen (secondary N) is 1. The zero-order chi connectivity index (χ0) is 8.81. The Morgan fingerprint density at radius 1 is 1.42 bits per heavy atom. The number of hydrogen-bond donors (Lipinski definition) is 1. The van der Waals surface area contributed by atoms with Gasteiger partial charge < -0.3 is 0 Å². The minimum absolute atomic E-state index is 0.429. The molecule has 62 valence electrons. The molecule has 12 heavy (non-hydrogen) atoms. The third-order valence-electron chi connectivity index (χ3n) is 1.31. The standard InChI is InChI=1S/C9H10N2O/c1-8(7-12)10-11-9-5-3-2-4-6-9/h2-7,11H,1H3. The molecule has 1 aromatic rings. The lowest BCUT2D eigenvalue weighted by atomic mass is 10.3. The van der Waals surface area contributed by atoms with Crippen molar-refractivity contribution < 1.29 is 4.79 Å². The van der Waals surface area contributed by atoms with Crippen molar-refractivity contribution in [1.29, 1.82) is 0 Å². The molecule has 0 bridgehead atoms. The number of aldehydes is 1. The predicted molar refractivity (Wildman–Crippen MR) is 49.2 cm³/mol. The van der Waals surface area contributed by atoms with Gasteiger partial charge in [-0.05, 0) is 19.1 Å². The Hall–Kier alpha value is -1.64. The predicted octanol–water partition coefficient (Wildman–Crippen LogP) is 1.67. The molecule has 0 saturated heterocycles. The highest BCUT2D eigenvalue weighted by Gasteiger charge is 1.86. The first-order chi connectivity index (χ1) is 5.83. The summed E-state index contributed by atoms with van der Waals surface area (Å²) in [6, 6.07) is 9.47. The van der Waals surface area contributed by atoms with Crippen LogP contribution in [0.4, 0.5) is 5.69 Å². The fourth-order valence-corrected chi connectivity index (χ4v) is 0.692. The summed E-state index contributed by atoms with van der Waals surface area (Å²) in [6.07, 6.45) is 0.704. The van der Waals surface area contributed by atoms with E-state index < -0.39 is 0 Å². The van der Waals surface area contributed by atoms with Crippen molar-refractivity contribution in [1.82, 2.24) is 0 Å². The number of hydrazone groups is 1. The van der Waals surface area contributed by atoms with Crippen LogP contribution < -0.4 is 5.43 Å². The molecule has 3 nitrogen and oxygen atoms in total. The number of nitrogens with zero attached hydrogens (tertiary/aromatic N) is 1. The zero-order valence-electron chi connectivity index (χ0n) is 6.82. The summed E-state index contributed by atoms with van der Waals surface area (Å²) in [7, 11) is 0. The molecule has 0 radical (unpaired) electrons. The van der Waals surface area contributed by atoms with E-state index in [-0.39, 0.29) is 0 Å². The van der Waals surface area contributed by atoms with E-state index >= 15 is 0 Å². The van der Waals surface area contributed by atoms with Gasteiger partial charge in [-0.25, -0.2) is 0 Å². The Balaban J connectivity index is 2.60. The molecule has 0 fully saturated rings. The van der Waals surface area contributed by atoms with Crippen LogP contribution in [0.2, 0.25) is 0 Å². The Morgan fingerprint density at radius 2 is 2.08 bits per heavy atom. The maximum atomic E-state index is 10.2. The van der Waals surface area contributed by atoms with Gasteiger partial charge in [-0.2, -0.15) is 5.10 Å². The molecule has 1 aromatic carbocycles. The van der Waals surface area contributed by atoms with E-state index in [1.807, 2.05) is 30.3 Å². The Kier molecular flexibility index (Phi) is 3.02.